The maximum atomic E-state index is 14.4. The summed E-state index contributed by atoms with van der Waals surface area (Å²) in [5, 5.41) is 3.20. The average Bonchev–Trinajstić information content (AvgIpc) is 3.17. The number of hydrogen-bond acceptors (Lipinski definition) is 6. The number of pyridine rings is 1. The summed E-state index contributed by atoms with van der Waals surface area (Å²) in [4.78, 5) is 34.6. The van der Waals surface area contributed by atoms with Gasteiger partial charge in [-0.05, 0) is 54.8 Å². The quantitative estimate of drug-likeness (QED) is 0.364. The highest BCUT2D eigenvalue weighted by atomic mass is 32.2. The zero-order valence-corrected chi connectivity index (χ0v) is 22.3. The predicted octanol–water partition coefficient (Wildman–Crippen LogP) is 3.65. The summed E-state index contributed by atoms with van der Waals surface area (Å²) < 4.78 is 39.5. The molecule has 1 aromatic heterocycles. The second-order valence-corrected chi connectivity index (χ2v) is 11.0. The molecule has 1 unspecified atom stereocenters. The van der Waals surface area contributed by atoms with Gasteiger partial charge in [0.1, 0.15) is 5.75 Å². The number of benzene rings is 2. The van der Waals surface area contributed by atoms with E-state index < -0.39 is 21.8 Å². The highest BCUT2D eigenvalue weighted by molar-refractivity contribution is 7.87. The Hall–Kier alpha value is -3.96. The largest absolute Gasteiger partial charge is 0.497 e. The lowest BCUT2D eigenvalue weighted by atomic mass is 9.83. The summed E-state index contributed by atoms with van der Waals surface area (Å²) >= 11 is 0. The third kappa shape index (κ3) is 5.19. The molecule has 204 valence electrons. The van der Waals surface area contributed by atoms with Crippen LogP contribution in [0.15, 0.2) is 66.9 Å². The van der Waals surface area contributed by atoms with Crippen LogP contribution in [0.4, 0.5) is 5.69 Å². The predicted molar refractivity (Wildman–Crippen MR) is 145 cm³/mol. The van der Waals surface area contributed by atoms with Gasteiger partial charge in [-0.2, -0.15) is 8.42 Å². The Balaban J connectivity index is 1.68. The summed E-state index contributed by atoms with van der Waals surface area (Å²) in [7, 11) is -3.01. The number of nitrogens with one attached hydrogen (secondary N) is 2. The van der Waals surface area contributed by atoms with Crippen molar-refractivity contribution in [2.45, 2.75) is 50.2 Å². The van der Waals surface area contributed by atoms with Crippen LogP contribution >= 0.6 is 0 Å². The second-order valence-electron chi connectivity index (χ2n) is 9.81. The number of methoxy groups -OCH3 is 1. The monoisotopic (exact) mass is 550 g/mol. The number of anilines is 1. The molecule has 2 aromatic carbocycles. The molecule has 1 aliphatic heterocycles. The van der Waals surface area contributed by atoms with E-state index in [4.69, 9.17) is 4.74 Å². The van der Waals surface area contributed by atoms with Gasteiger partial charge < -0.3 is 15.0 Å². The number of fused-ring (bicyclic) bond motifs is 1. The molecule has 3 aromatic rings. The Kier molecular flexibility index (Phi) is 7.28. The van der Waals surface area contributed by atoms with Gasteiger partial charge in [0, 0.05) is 29.9 Å². The molecule has 1 atom stereocenters. The average molecular weight is 551 g/mol. The van der Waals surface area contributed by atoms with Crippen LogP contribution in [0.3, 0.4) is 0 Å². The van der Waals surface area contributed by atoms with E-state index in [2.05, 4.69) is 10.3 Å². The SMILES string of the molecule is COc1ccc(CN2C(=O)c3cc(NS(=O)(=O)O)ccc3C2(C(=O)NC2CCCCC2)c2ccccn2)cc1. The van der Waals surface area contributed by atoms with Crippen molar-refractivity contribution in [1.29, 1.82) is 0 Å². The van der Waals surface area contributed by atoms with E-state index in [9.17, 15) is 22.6 Å². The van der Waals surface area contributed by atoms with Crippen molar-refractivity contribution in [3.05, 3.63) is 89.2 Å². The number of aromatic nitrogens is 1. The highest BCUT2D eigenvalue weighted by Gasteiger charge is 2.57. The first-order chi connectivity index (χ1) is 18.7. The molecule has 0 bridgehead atoms. The molecule has 39 heavy (non-hydrogen) atoms. The third-order valence-corrected chi connectivity index (χ3v) is 7.83. The van der Waals surface area contributed by atoms with Gasteiger partial charge >= 0.3 is 10.3 Å². The van der Waals surface area contributed by atoms with Gasteiger partial charge in [0.05, 0.1) is 18.5 Å². The van der Waals surface area contributed by atoms with Gasteiger partial charge in [-0.15, -0.1) is 0 Å². The molecule has 2 amide bonds. The molecule has 3 N–H and O–H groups in total. The Morgan fingerprint density at radius 3 is 2.49 bits per heavy atom. The summed E-state index contributed by atoms with van der Waals surface area (Å²) in [6.07, 6.45) is 6.41. The molecule has 2 aliphatic rings. The zero-order valence-electron chi connectivity index (χ0n) is 21.5. The smallest absolute Gasteiger partial charge is 0.357 e. The fourth-order valence-corrected chi connectivity index (χ4v) is 5.97. The first kappa shape index (κ1) is 26.6. The molecule has 1 fully saturated rings. The molecular weight excluding hydrogens is 520 g/mol. The molecule has 0 saturated heterocycles. The topological polar surface area (TPSA) is 138 Å². The van der Waals surface area contributed by atoms with E-state index >= 15 is 0 Å². The fraction of sp³-hybridized carbons (Fsp3) is 0.321. The van der Waals surface area contributed by atoms with Gasteiger partial charge in [-0.1, -0.05) is 43.5 Å². The summed E-state index contributed by atoms with van der Waals surface area (Å²) in [5.41, 5.74) is 0.0456. The molecule has 1 aliphatic carbocycles. The minimum Gasteiger partial charge on any atom is -0.497 e. The van der Waals surface area contributed by atoms with Crippen LogP contribution in [0.25, 0.3) is 0 Å². The number of amides is 2. The zero-order chi connectivity index (χ0) is 27.6. The number of carbonyl (C=O) groups is 2. The van der Waals surface area contributed by atoms with Crippen LogP contribution in [0.5, 0.6) is 5.75 Å². The van der Waals surface area contributed by atoms with E-state index in [-0.39, 0.29) is 29.7 Å². The number of carbonyl (C=O) groups excluding carboxylic acids is 2. The van der Waals surface area contributed by atoms with Crippen molar-refractivity contribution in [2.24, 2.45) is 0 Å². The Labute approximate surface area is 227 Å². The van der Waals surface area contributed by atoms with Crippen molar-refractivity contribution in [3.63, 3.8) is 0 Å². The van der Waals surface area contributed by atoms with Crippen molar-refractivity contribution < 1.29 is 27.3 Å². The van der Waals surface area contributed by atoms with Crippen molar-refractivity contribution in [2.75, 3.05) is 11.8 Å². The van der Waals surface area contributed by atoms with Gasteiger partial charge in [-0.3, -0.25) is 23.8 Å². The van der Waals surface area contributed by atoms with Gasteiger partial charge in [0.25, 0.3) is 11.8 Å². The first-order valence-corrected chi connectivity index (χ1v) is 14.2. The van der Waals surface area contributed by atoms with E-state index in [1.807, 2.05) is 16.9 Å². The molecule has 11 heteroatoms. The van der Waals surface area contributed by atoms with Crippen molar-refractivity contribution >= 4 is 27.8 Å². The van der Waals surface area contributed by atoms with E-state index in [1.54, 1.807) is 49.7 Å². The third-order valence-electron chi connectivity index (χ3n) is 7.34. The fourth-order valence-electron chi connectivity index (χ4n) is 5.55. The van der Waals surface area contributed by atoms with Crippen LogP contribution in [0.2, 0.25) is 0 Å². The van der Waals surface area contributed by atoms with Crippen molar-refractivity contribution in [3.8, 4) is 5.75 Å². The lowest BCUT2D eigenvalue weighted by Gasteiger charge is -2.39. The molecule has 1 saturated carbocycles. The lowest BCUT2D eigenvalue weighted by Crippen LogP contribution is -2.57. The molecule has 10 nitrogen and oxygen atoms in total. The van der Waals surface area contributed by atoms with Gasteiger partial charge in [0.15, 0.2) is 5.54 Å². The summed E-state index contributed by atoms with van der Waals surface area (Å²) in [6, 6.07) is 16.7. The minimum absolute atomic E-state index is 0.00138. The lowest BCUT2D eigenvalue weighted by molar-refractivity contribution is -0.131. The Morgan fingerprint density at radius 1 is 1.10 bits per heavy atom. The molecule has 5 rings (SSSR count). The molecule has 2 heterocycles. The normalized spacial score (nSPS) is 19.4. The van der Waals surface area contributed by atoms with Crippen LogP contribution < -0.4 is 14.8 Å². The standard InChI is InChI=1S/C28H30N4O6S/c1-38-22-13-10-19(11-14-22)18-32-26(33)23-17-21(31-39(35,36)37)12-15-24(23)28(32,25-9-5-6-16-29-25)27(34)30-20-7-3-2-4-8-20/h5-6,9-17,20,31H,2-4,7-8,18H2,1H3,(H,30,34)(H,35,36,37). The molecule has 0 spiro atoms. The van der Waals surface area contributed by atoms with E-state index in [0.717, 1.165) is 37.7 Å². The van der Waals surface area contributed by atoms with Crippen LogP contribution in [0.1, 0.15) is 59.3 Å². The van der Waals surface area contributed by atoms with Crippen molar-refractivity contribution in [1.82, 2.24) is 15.2 Å². The van der Waals surface area contributed by atoms with E-state index in [1.165, 1.54) is 17.0 Å². The number of nitrogens with zero attached hydrogens (tertiary/aromatic N) is 2. The van der Waals surface area contributed by atoms with Gasteiger partial charge in [-0.25, -0.2) is 0 Å². The van der Waals surface area contributed by atoms with Crippen LogP contribution in [0, 0.1) is 0 Å². The van der Waals surface area contributed by atoms with E-state index in [0.29, 0.717) is 17.0 Å². The molecule has 0 radical (unpaired) electrons. The van der Waals surface area contributed by atoms with Crippen LogP contribution in [-0.2, 0) is 27.2 Å². The van der Waals surface area contributed by atoms with Crippen LogP contribution in [-0.4, -0.2) is 47.8 Å². The number of hydrogen-bond donors (Lipinski definition) is 3. The highest BCUT2D eigenvalue weighted by Crippen LogP contribution is 2.46. The maximum absolute atomic E-state index is 14.4. The number of ether oxygens (including phenoxy) is 1. The minimum atomic E-state index is -4.58. The number of rotatable bonds is 8. The Bertz CT molecular complexity index is 1470. The summed E-state index contributed by atoms with van der Waals surface area (Å²) in [5.74, 6) is -0.185. The first-order valence-electron chi connectivity index (χ1n) is 12.8. The summed E-state index contributed by atoms with van der Waals surface area (Å²) in [6.45, 7) is 0.0766. The maximum Gasteiger partial charge on any atom is 0.357 e. The Morgan fingerprint density at radius 2 is 1.85 bits per heavy atom. The second kappa shape index (κ2) is 10.7. The molecular formula is C28H30N4O6S. The van der Waals surface area contributed by atoms with Gasteiger partial charge in [0.2, 0.25) is 0 Å².